The first-order valence-corrected chi connectivity index (χ1v) is 10.1. The molecule has 2 N–H and O–H groups in total. The minimum atomic E-state index is 0.479. The van der Waals surface area contributed by atoms with Crippen molar-refractivity contribution in [1.82, 2.24) is 15.3 Å². The average Bonchev–Trinajstić information content (AvgIpc) is 2.59. The molecule has 1 aromatic carbocycles. The Bertz CT molecular complexity index is 803. The first-order chi connectivity index (χ1) is 12.9. The number of anilines is 2. The predicted molar refractivity (Wildman–Crippen MR) is 116 cm³/mol. The van der Waals surface area contributed by atoms with Crippen molar-refractivity contribution in [3.8, 4) is 0 Å². The van der Waals surface area contributed by atoms with Crippen molar-refractivity contribution in [3.63, 3.8) is 0 Å². The van der Waals surface area contributed by atoms with Crippen LogP contribution in [0.15, 0.2) is 30.3 Å². The highest BCUT2D eigenvalue weighted by Gasteiger charge is 2.23. The first-order valence-electron chi connectivity index (χ1n) is 9.29. The molecule has 27 heavy (non-hydrogen) atoms. The van der Waals surface area contributed by atoms with Gasteiger partial charge >= 0.3 is 0 Å². The smallest absolute Gasteiger partial charge is 0.231 e. The Kier molecular flexibility index (Phi) is 6.50. The lowest BCUT2D eigenvalue weighted by Gasteiger charge is -2.36. The third kappa shape index (κ3) is 5.53. The van der Waals surface area contributed by atoms with E-state index in [4.69, 9.17) is 23.8 Å². The maximum Gasteiger partial charge on any atom is 0.231 e. The number of hydrogen-bond donors (Lipinski definition) is 2. The second-order valence-electron chi connectivity index (χ2n) is 7.44. The van der Waals surface area contributed by atoms with Gasteiger partial charge in [0.1, 0.15) is 5.82 Å². The molecule has 1 aliphatic heterocycles. The number of nitrogens with one attached hydrogen (secondary N) is 2. The molecule has 1 saturated heterocycles. The van der Waals surface area contributed by atoms with Crippen molar-refractivity contribution in [3.05, 3.63) is 46.6 Å². The minimum Gasteiger partial charge on any atom is -0.358 e. The standard InChI is InChI=1S/C20H26ClN5S/c1-13-8-14(2)12-26(11-13)18-9-15(3)23-19(24-18)25-20(27)22-10-16-6-4-5-7-17(16)21/h4-7,9,13-14H,8,10-12H2,1-3H3,(H2,22,23,24,25,27)/t13-,14-/m1/s1. The molecule has 5 nitrogen and oxygen atoms in total. The molecule has 0 radical (unpaired) electrons. The van der Waals surface area contributed by atoms with Gasteiger partial charge in [-0.25, -0.2) is 4.98 Å². The van der Waals surface area contributed by atoms with Gasteiger partial charge in [-0.3, -0.25) is 0 Å². The highest BCUT2D eigenvalue weighted by molar-refractivity contribution is 7.80. The average molecular weight is 404 g/mol. The lowest BCUT2D eigenvalue weighted by molar-refractivity contribution is 0.355. The van der Waals surface area contributed by atoms with Gasteiger partial charge in [-0.15, -0.1) is 0 Å². The number of piperidine rings is 1. The summed E-state index contributed by atoms with van der Waals surface area (Å²) < 4.78 is 0. The van der Waals surface area contributed by atoms with Crippen LogP contribution in [0, 0.1) is 18.8 Å². The first kappa shape index (κ1) is 19.8. The van der Waals surface area contributed by atoms with E-state index in [-0.39, 0.29) is 0 Å². The van der Waals surface area contributed by atoms with Crippen molar-refractivity contribution in [2.45, 2.75) is 33.7 Å². The van der Waals surface area contributed by atoms with Crippen molar-refractivity contribution < 1.29 is 0 Å². The summed E-state index contributed by atoms with van der Waals surface area (Å²) in [5.74, 6) is 2.81. The molecule has 3 rings (SSSR count). The molecule has 1 fully saturated rings. The predicted octanol–water partition coefficient (Wildman–Crippen LogP) is 4.41. The van der Waals surface area contributed by atoms with Crippen LogP contribution in [0.3, 0.4) is 0 Å². The zero-order valence-electron chi connectivity index (χ0n) is 16.0. The number of rotatable bonds is 4. The molecule has 1 aromatic heterocycles. The van der Waals surface area contributed by atoms with Gasteiger partial charge in [-0.2, -0.15) is 4.98 Å². The largest absolute Gasteiger partial charge is 0.358 e. The van der Waals surface area contributed by atoms with Crippen molar-refractivity contribution in [2.24, 2.45) is 11.8 Å². The molecule has 0 amide bonds. The second kappa shape index (κ2) is 8.85. The normalized spacial score (nSPS) is 19.6. The Morgan fingerprint density at radius 2 is 1.93 bits per heavy atom. The molecule has 1 aliphatic rings. The van der Waals surface area contributed by atoms with Gasteiger partial charge in [0, 0.05) is 36.4 Å². The molecule has 2 heterocycles. The summed E-state index contributed by atoms with van der Waals surface area (Å²) >= 11 is 11.6. The van der Waals surface area contributed by atoms with Crippen molar-refractivity contribution >= 4 is 40.7 Å². The summed E-state index contributed by atoms with van der Waals surface area (Å²) in [7, 11) is 0. The van der Waals surface area contributed by atoms with E-state index < -0.39 is 0 Å². The van der Waals surface area contributed by atoms with Crippen LogP contribution in [-0.2, 0) is 6.54 Å². The molecule has 0 saturated carbocycles. The molecular weight excluding hydrogens is 378 g/mol. The highest BCUT2D eigenvalue weighted by atomic mass is 35.5. The van der Waals surface area contributed by atoms with Crippen LogP contribution in [0.1, 0.15) is 31.5 Å². The summed E-state index contributed by atoms with van der Waals surface area (Å²) in [5, 5.41) is 7.46. The molecule has 0 spiro atoms. The van der Waals surface area contributed by atoms with Crippen molar-refractivity contribution in [1.29, 1.82) is 0 Å². The van der Waals surface area contributed by atoms with Crippen LogP contribution in [0.25, 0.3) is 0 Å². The number of aromatic nitrogens is 2. The maximum absolute atomic E-state index is 6.19. The molecule has 2 atom stereocenters. The summed E-state index contributed by atoms with van der Waals surface area (Å²) in [4.78, 5) is 11.5. The minimum absolute atomic E-state index is 0.479. The fourth-order valence-electron chi connectivity index (χ4n) is 3.58. The van der Waals surface area contributed by atoms with Gasteiger partial charge in [0.05, 0.1) is 0 Å². The Morgan fingerprint density at radius 3 is 2.63 bits per heavy atom. The lowest BCUT2D eigenvalue weighted by Crippen LogP contribution is -2.39. The lowest BCUT2D eigenvalue weighted by atomic mass is 9.92. The van der Waals surface area contributed by atoms with Crippen LogP contribution in [0.5, 0.6) is 0 Å². The second-order valence-corrected chi connectivity index (χ2v) is 8.26. The highest BCUT2D eigenvalue weighted by Crippen LogP contribution is 2.26. The van der Waals surface area contributed by atoms with E-state index >= 15 is 0 Å². The zero-order valence-corrected chi connectivity index (χ0v) is 17.6. The molecule has 0 bridgehead atoms. The molecule has 144 valence electrons. The van der Waals surface area contributed by atoms with Crippen LogP contribution in [0.2, 0.25) is 5.02 Å². The quantitative estimate of drug-likeness (QED) is 0.737. The van der Waals surface area contributed by atoms with E-state index in [0.717, 1.165) is 35.2 Å². The van der Waals surface area contributed by atoms with Crippen LogP contribution < -0.4 is 15.5 Å². The Balaban J connectivity index is 1.65. The van der Waals surface area contributed by atoms with E-state index in [1.54, 1.807) is 0 Å². The van der Waals surface area contributed by atoms with Gasteiger partial charge < -0.3 is 15.5 Å². The van der Waals surface area contributed by atoms with Crippen molar-refractivity contribution in [2.75, 3.05) is 23.3 Å². The monoisotopic (exact) mass is 403 g/mol. The topological polar surface area (TPSA) is 53.1 Å². The van der Waals surface area contributed by atoms with Crippen LogP contribution in [0.4, 0.5) is 11.8 Å². The molecule has 7 heteroatoms. The molecule has 0 aliphatic carbocycles. The number of aryl methyl sites for hydroxylation is 1. The van der Waals surface area contributed by atoms with E-state index in [1.807, 2.05) is 37.3 Å². The van der Waals surface area contributed by atoms with Gasteiger partial charge in [0.2, 0.25) is 5.95 Å². The number of benzene rings is 1. The number of nitrogens with zero attached hydrogens (tertiary/aromatic N) is 3. The van der Waals surface area contributed by atoms with E-state index in [9.17, 15) is 0 Å². The zero-order chi connectivity index (χ0) is 19.4. The molecule has 0 unspecified atom stereocenters. The fraction of sp³-hybridized carbons (Fsp3) is 0.450. The molecular formula is C20H26ClN5S. The fourth-order valence-corrected chi connectivity index (χ4v) is 3.95. The van der Waals surface area contributed by atoms with Gasteiger partial charge in [0.15, 0.2) is 5.11 Å². The number of hydrogen-bond acceptors (Lipinski definition) is 4. The van der Waals surface area contributed by atoms with E-state index in [2.05, 4.69) is 39.3 Å². The third-order valence-corrected chi connectivity index (χ3v) is 5.27. The Hall–Kier alpha value is -1.92. The van der Waals surface area contributed by atoms with Gasteiger partial charge in [-0.05, 0) is 49.0 Å². The van der Waals surface area contributed by atoms with Gasteiger partial charge in [-0.1, -0.05) is 43.6 Å². The summed E-state index contributed by atoms with van der Waals surface area (Å²) in [6, 6.07) is 9.74. The summed E-state index contributed by atoms with van der Waals surface area (Å²) in [6.45, 7) is 9.16. The Labute approximate surface area is 171 Å². The third-order valence-electron chi connectivity index (χ3n) is 4.66. The van der Waals surface area contributed by atoms with E-state index in [1.165, 1.54) is 6.42 Å². The molecule has 2 aromatic rings. The van der Waals surface area contributed by atoms with E-state index in [0.29, 0.717) is 29.4 Å². The van der Waals surface area contributed by atoms with Gasteiger partial charge in [0.25, 0.3) is 0 Å². The summed E-state index contributed by atoms with van der Waals surface area (Å²) in [5.41, 5.74) is 1.91. The number of thiocarbonyl (C=S) groups is 1. The van der Waals surface area contributed by atoms with Crippen LogP contribution in [-0.4, -0.2) is 28.2 Å². The number of halogens is 1. The Morgan fingerprint density at radius 1 is 1.22 bits per heavy atom. The summed E-state index contributed by atoms with van der Waals surface area (Å²) in [6.07, 6.45) is 1.27. The van der Waals surface area contributed by atoms with Crippen LogP contribution >= 0.6 is 23.8 Å². The SMILES string of the molecule is Cc1cc(N2C[C@H](C)C[C@@H](C)C2)nc(NC(=S)NCc2ccccc2Cl)n1. The maximum atomic E-state index is 6.19.